The van der Waals surface area contributed by atoms with Gasteiger partial charge in [-0.15, -0.1) is 0 Å². The van der Waals surface area contributed by atoms with Gasteiger partial charge in [0.05, 0.1) is 11.2 Å². The molecule has 0 saturated carbocycles. The molecule has 0 aliphatic rings. The van der Waals surface area contributed by atoms with Crippen LogP contribution in [0.3, 0.4) is 0 Å². The highest BCUT2D eigenvalue weighted by Crippen LogP contribution is 2.22. The fraction of sp³-hybridized carbons (Fsp3) is 0.150. The fourth-order valence-corrected chi connectivity index (χ4v) is 2.62. The van der Waals surface area contributed by atoms with Crippen molar-refractivity contribution in [2.24, 2.45) is 0 Å². The Balaban J connectivity index is 1.67. The summed E-state index contributed by atoms with van der Waals surface area (Å²) >= 11 is 0. The van der Waals surface area contributed by atoms with E-state index in [0.717, 1.165) is 22.3 Å². The van der Waals surface area contributed by atoms with Crippen LogP contribution >= 0.6 is 0 Å². The summed E-state index contributed by atoms with van der Waals surface area (Å²) in [4.78, 5) is 27.9. The van der Waals surface area contributed by atoms with Crippen molar-refractivity contribution in [1.29, 1.82) is 0 Å². The zero-order chi connectivity index (χ0) is 18.5. The van der Waals surface area contributed by atoms with Gasteiger partial charge in [0.2, 0.25) is 11.8 Å². The van der Waals surface area contributed by atoms with Gasteiger partial charge in [-0.1, -0.05) is 6.07 Å². The lowest BCUT2D eigenvalue weighted by atomic mass is 10.1. The second kappa shape index (κ2) is 7.65. The molecule has 1 atom stereocenters. The number of carbonyl (C=O) groups is 2. The molecule has 0 aliphatic carbocycles. The monoisotopic (exact) mass is 348 g/mol. The number of carbonyl (C=O) groups excluding carboxylic acids is 2. The van der Waals surface area contributed by atoms with Crippen molar-refractivity contribution < 1.29 is 9.59 Å². The number of hydrogen-bond acceptors (Lipinski definition) is 4. The van der Waals surface area contributed by atoms with E-state index in [0.29, 0.717) is 5.69 Å². The van der Waals surface area contributed by atoms with Gasteiger partial charge >= 0.3 is 0 Å². The maximum atomic E-state index is 12.5. The molecule has 0 fully saturated rings. The molecule has 2 aromatic carbocycles. The largest absolute Gasteiger partial charge is 0.374 e. The van der Waals surface area contributed by atoms with Crippen molar-refractivity contribution in [2.45, 2.75) is 19.9 Å². The predicted octanol–water partition coefficient (Wildman–Crippen LogP) is 3.63. The molecule has 2 amide bonds. The normalized spacial score (nSPS) is 11.6. The van der Waals surface area contributed by atoms with Crippen LogP contribution in [0.1, 0.15) is 13.8 Å². The lowest BCUT2D eigenvalue weighted by Gasteiger charge is -2.16. The number of rotatable bonds is 5. The van der Waals surface area contributed by atoms with E-state index in [4.69, 9.17) is 0 Å². The summed E-state index contributed by atoms with van der Waals surface area (Å²) in [7, 11) is 0. The fourth-order valence-electron chi connectivity index (χ4n) is 2.62. The Morgan fingerprint density at radius 2 is 1.65 bits per heavy atom. The number of nitrogens with one attached hydrogen (secondary N) is 3. The van der Waals surface area contributed by atoms with Gasteiger partial charge in [-0.2, -0.15) is 0 Å². The molecular weight excluding hydrogens is 328 g/mol. The molecule has 0 spiro atoms. The minimum atomic E-state index is -0.437. The van der Waals surface area contributed by atoms with E-state index in [-0.39, 0.29) is 11.8 Å². The first kappa shape index (κ1) is 17.4. The summed E-state index contributed by atoms with van der Waals surface area (Å²) in [5, 5.41) is 9.70. The lowest BCUT2D eigenvalue weighted by Crippen LogP contribution is -2.31. The van der Waals surface area contributed by atoms with Crippen LogP contribution in [0.4, 0.5) is 17.1 Å². The summed E-state index contributed by atoms with van der Waals surface area (Å²) in [5.74, 6) is -0.268. The summed E-state index contributed by atoms with van der Waals surface area (Å²) in [6.07, 6.45) is 1.72. The van der Waals surface area contributed by atoms with Gasteiger partial charge < -0.3 is 16.0 Å². The smallest absolute Gasteiger partial charge is 0.246 e. The number of fused-ring (bicyclic) bond motifs is 1. The third-order valence-corrected chi connectivity index (χ3v) is 3.89. The Morgan fingerprint density at radius 3 is 2.38 bits per heavy atom. The minimum Gasteiger partial charge on any atom is -0.374 e. The Bertz CT molecular complexity index is 933. The Kier molecular flexibility index (Phi) is 5.12. The van der Waals surface area contributed by atoms with E-state index in [2.05, 4.69) is 20.9 Å². The third kappa shape index (κ3) is 4.16. The molecule has 132 valence electrons. The summed E-state index contributed by atoms with van der Waals surface area (Å²) in [6, 6.07) is 16.2. The first-order valence-corrected chi connectivity index (χ1v) is 8.32. The highest BCUT2D eigenvalue weighted by Gasteiger charge is 2.14. The quantitative estimate of drug-likeness (QED) is 0.657. The lowest BCUT2D eigenvalue weighted by molar-refractivity contribution is -0.116. The minimum absolute atomic E-state index is 0.122. The van der Waals surface area contributed by atoms with Crippen LogP contribution in [0.15, 0.2) is 60.8 Å². The van der Waals surface area contributed by atoms with Crippen LogP contribution in [-0.2, 0) is 9.59 Å². The van der Waals surface area contributed by atoms with E-state index >= 15 is 0 Å². The molecular formula is C20H20N4O2. The number of benzene rings is 2. The molecule has 3 rings (SSSR count). The van der Waals surface area contributed by atoms with E-state index in [1.807, 2.05) is 42.5 Å². The van der Waals surface area contributed by atoms with Gasteiger partial charge in [0.25, 0.3) is 0 Å². The van der Waals surface area contributed by atoms with E-state index in [1.165, 1.54) is 6.92 Å². The van der Waals surface area contributed by atoms with Gasteiger partial charge in [-0.05, 0) is 55.5 Å². The molecule has 1 unspecified atom stereocenters. The van der Waals surface area contributed by atoms with Crippen LogP contribution in [0.25, 0.3) is 10.9 Å². The molecule has 6 heteroatoms. The zero-order valence-electron chi connectivity index (χ0n) is 14.6. The molecule has 3 N–H and O–H groups in total. The van der Waals surface area contributed by atoms with Gasteiger partial charge in [-0.3, -0.25) is 14.6 Å². The molecule has 0 radical (unpaired) electrons. The molecule has 1 aromatic heterocycles. The number of amides is 2. The number of aromatic nitrogens is 1. The first-order chi connectivity index (χ1) is 12.5. The zero-order valence-corrected chi connectivity index (χ0v) is 14.6. The van der Waals surface area contributed by atoms with Crippen LogP contribution in [0.2, 0.25) is 0 Å². The van der Waals surface area contributed by atoms with Crippen LogP contribution in [-0.4, -0.2) is 22.8 Å². The molecule has 3 aromatic rings. The highest BCUT2D eigenvalue weighted by molar-refractivity contribution is 6.03. The van der Waals surface area contributed by atoms with Gasteiger partial charge in [0.15, 0.2) is 0 Å². The summed E-state index contributed by atoms with van der Waals surface area (Å²) < 4.78 is 0. The second-order valence-corrected chi connectivity index (χ2v) is 5.99. The van der Waals surface area contributed by atoms with E-state index < -0.39 is 6.04 Å². The molecule has 0 saturated heterocycles. The standard InChI is InChI=1S/C20H20N4O2/c1-13(22-15-8-10-16(11-9-15)23-14(2)25)20(26)24-19-7-3-6-18-17(19)5-4-12-21-18/h3-13,22H,1-2H3,(H,23,25)(H,24,26). The molecule has 1 heterocycles. The van der Waals surface area contributed by atoms with Gasteiger partial charge in [0.1, 0.15) is 6.04 Å². The molecule has 0 bridgehead atoms. The van der Waals surface area contributed by atoms with E-state index in [1.54, 1.807) is 25.3 Å². The number of anilines is 3. The first-order valence-electron chi connectivity index (χ1n) is 8.32. The Hall–Kier alpha value is -3.41. The molecule has 26 heavy (non-hydrogen) atoms. The van der Waals surface area contributed by atoms with Crippen LogP contribution in [0, 0.1) is 0 Å². The average molecular weight is 348 g/mol. The summed E-state index contributed by atoms with van der Waals surface area (Å²) in [5.41, 5.74) is 3.07. The van der Waals surface area contributed by atoms with Crippen molar-refractivity contribution in [3.8, 4) is 0 Å². The van der Waals surface area contributed by atoms with Crippen molar-refractivity contribution in [1.82, 2.24) is 4.98 Å². The number of pyridine rings is 1. The van der Waals surface area contributed by atoms with Crippen molar-refractivity contribution in [3.05, 3.63) is 60.8 Å². The molecule has 6 nitrogen and oxygen atoms in total. The predicted molar refractivity (Wildman–Crippen MR) is 104 cm³/mol. The SMILES string of the molecule is CC(=O)Nc1ccc(NC(C)C(=O)Nc2cccc3ncccc23)cc1. The van der Waals surface area contributed by atoms with Gasteiger partial charge in [-0.25, -0.2) is 0 Å². The maximum Gasteiger partial charge on any atom is 0.246 e. The van der Waals surface area contributed by atoms with Crippen molar-refractivity contribution in [2.75, 3.05) is 16.0 Å². The van der Waals surface area contributed by atoms with E-state index in [9.17, 15) is 9.59 Å². The topological polar surface area (TPSA) is 83.1 Å². The van der Waals surface area contributed by atoms with Crippen LogP contribution in [0.5, 0.6) is 0 Å². The number of hydrogen-bond donors (Lipinski definition) is 3. The van der Waals surface area contributed by atoms with Crippen LogP contribution < -0.4 is 16.0 Å². The Morgan fingerprint density at radius 1 is 0.923 bits per heavy atom. The van der Waals surface area contributed by atoms with Crippen molar-refractivity contribution >= 4 is 39.8 Å². The molecule has 0 aliphatic heterocycles. The van der Waals surface area contributed by atoms with Crippen molar-refractivity contribution in [3.63, 3.8) is 0 Å². The Labute approximate surface area is 151 Å². The third-order valence-electron chi connectivity index (χ3n) is 3.89. The highest BCUT2D eigenvalue weighted by atomic mass is 16.2. The average Bonchev–Trinajstić information content (AvgIpc) is 2.63. The van der Waals surface area contributed by atoms with Gasteiger partial charge in [0, 0.05) is 29.9 Å². The summed E-state index contributed by atoms with van der Waals surface area (Å²) in [6.45, 7) is 3.25. The second-order valence-electron chi connectivity index (χ2n) is 5.99. The number of nitrogens with zero attached hydrogens (tertiary/aromatic N) is 1. The maximum absolute atomic E-state index is 12.5.